The van der Waals surface area contributed by atoms with Crippen molar-refractivity contribution in [3.05, 3.63) is 88.1 Å². The van der Waals surface area contributed by atoms with Crippen LogP contribution in [-0.4, -0.2) is 22.4 Å². The van der Waals surface area contributed by atoms with Gasteiger partial charge in [-0.1, -0.05) is 60.7 Å². The molecule has 2 heterocycles. The topological polar surface area (TPSA) is 66.9 Å². The number of nitrogens with zero attached hydrogens (tertiary/aromatic N) is 2. The Bertz CT molecular complexity index is 1130. The zero-order valence-corrected chi connectivity index (χ0v) is 18.1. The van der Waals surface area contributed by atoms with Crippen LogP contribution in [-0.2, 0) is 4.79 Å². The fourth-order valence-corrected chi connectivity index (χ4v) is 4.59. The lowest BCUT2D eigenvalue weighted by molar-refractivity contribution is -0.119. The van der Waals surface area contributed by atoms with E-state index >= 15 is 0 Å². The van der Waals surface area contributed by atoms with Crippen molar-refractivity contribution >= 4 is 33.3 Å². The third kappa shape index (κ3) is 4.19. The minimum atomic E-state index is -0.209. The van der Waals surface area contributed by atoms with Crippen LogP contribution in [0.5, 0.6) is 0 Å². The number of fused-ring (bicyclic) bond motifs is 1. The Hall–Kier alpha value is -3.25. The normalized spacial score (nSPS) is 11.1. The van der Waals surface area contributed by atoms with E-state index in [9.17, 15) is 4.79 Å². The lowest BCUT2D eigenvalue weighted by Gasteiger charge is -2.20. The molecule has 0 aliphatic rings. The van der Waals surface area contributed by atoms with Crippen LogP contribution in [0.1, 0.15) is 33.4 Å². The molecule has 1 amide bonds. The van der Waals surface area contributed by atoms with Crippen LogP contribution in [0.15, 0.2) is 60.7 Å². The lowest BCUT2D eigenvalue weighted by Crippen LogP contribution is -2.34. The molecule has 0 aliphatic carbocycles. The zero-order chi connectivity index (χ0) is 21.1. The highest BCUT2D eigenvalue weighted by Crippen LogP contribution is 2.33. The van der Waals surface area contributed by atoms with Crippen LogP contribution in [0.25, 0.3) is 10.2 Å². The van der Waals surface area contributed by atoms with Gasteiger partial charge in [-0.2, -0.15) is 0 Å². The third-order valence-corrected chi connectivity index (χ3v) is 6.23. The Morgan fingerprint density at radius 2 is 1.53 bits per heavy atom. The lowest BCUT2D eigenvalue weighted by atomic mass is 9.99. The molecule has 152 valence electrons. The van der Waals surface area contributed by atoms with E-state index in [0.29, 0.717) is 11.6 Å². The van der Waals surface area contributed by atoms with Crippen molar-refractivity contribution in [2.24, 2.45) is 0 Å². The van der Waals surface area contributed by atoms with Crippen LogP contribution in [0.3, 0.4) is 0 Å². The van der Waals surface area contributed by atoms with E-state index in [1.807, 2.05) is 67.6 Å². The molecule has 2 N–H and O–H groups in total. The molecule has 0 radical (unpaired) electrons. The van der Waals surface area contributed by atoms with Crippen molar-refractivity contribution < 1.29 is 4.79 Å². The van der Waals surface area contributed by atoms with Crippen LogP contribution >= 0.6 is 11.3 Å². The summed E-state index contributed by atoms with van der Waals surface area (Å²) in [6.07, 6.45) is 0. The maximum atomic E-state index is 12.9. The van der Waals surface area contributed by atoms with Crippen molar-refractivity contribution in [3.63, 3.8) is 0 Å². The molecule has 2 aromatic carbocycles. The van der Waals surface area contributed by atoms with Crippen molar-refractivity contribution in [2.45, 2.75) is 26.8 Å². The van der Waals surface area contributed by atoms with Crippen molar-refractivity contribution in [2.75, 3.05) is 11.9 Å². The maximum absolute atomic E-state index is 12.9. The molecular weight excluding hydrogens is 392 g/mol. The SMILES string of the molecule is Cc1nc(NCC(=O)NC(c2ccccc2)c2ccccc2)c2c(C)c(C)sc2n1. The molecule has 4 rings (SSSR count). The van der Waals surface area contributed by atoms with E-state index in [2.05, 4.69) is 34.4 Å². The van der Waals surface area contributed by atoms with Crippen molar-refractivity contribution in [1.82, 2.24) is 15.3 Å². The predicted molar refractivity (Wildman–Crippen MR) is 123 cm³/mol. The first-order valence-electron chi connectivity index (χ1n) is 9.90. The van der Waals surface area contributed by atoms with Gasteiger partial charge in [-0.05, 0) is 37.5 Å². The Balaban J connectivity index is 1.55. The molecule has 0 saturated heterocycles. The molecule has 0 unspecified atom stereocenters. The summed E-state index contributed by atoms with van der Waals surface area (Å²) in [7, 11) is 0. The summed E-state index contributed by atoms with van der Waals surface area (Å²) in [5.74, 6) is 1.31. The van der Waals surface area contributed by atoms with Crippen LogP contribution in [0.4, 0.5) is 5.82 Å². The number of aromatic nitrogens is 2. The summed E-state index contributed by atoms with van der Waals surface area (Å²) < 4.78 is 0. The van der Waals surface area contributed by atoms with Gasteiger partial charge < -0.3 is 10.6 Å². The van der Waals surface area contributed by atoms with Gasteiger partial charge in [0.2, 0.25) is 5.91 Å². The summed E-state index contributed by atoms with van der Waals surface area (Å²) in [5.41, 5.74) is 3.24. The molecule has 0 fully saturated rings. The number of carbonyl (C=O) groups is 1. The molecule has 0 bridgehead atoms. The number of hydrogen-bond acceptors (Lipinski definition) is 5. The summed E-state index contributed by atoms with van der Waals surface area (Å²) in [6, 6.07) is 19.8. The van der Waals surface area contributed by atoms with E-state index in [0.717, 1.165) is 26.9 Å². The second kappa shape index (κ2) is 8.63. The van der Waals surface area contributed by atoms with Crippen LogP contribution in [0.2, 0.25) is 0 Å². The Morgan fingerprint density at radius 3 is 2.13 bits per heavy atom. The number of nitrogens with one attached hydrogen (secondary N) is 2. The number of aryl methyl sites for hydroxylation is 3. The number of thiophene rings is 1. The van der Waals surface area contributed by atoms with Gasteiger partial charge in [0.25, 0.3) is 0 Å². The second-order valence-electron chi connectivity index (χ2n) is 7.26. The summed E-state index contributed by atoms with van der Waals surface area (Å²) in [6.45, 7) is 6.16. The predicted octanol–water partition coefficient (Wildman–Crippen LogP) is 4.93. The number of carbonyl (C=O) groups excluding carboxylic acids is 1. The van der Waals surface area contributed by atoms with Crippen molar-refractivity contribution in [3.8, 4) is 0 Å². The molecule has 2 aromatic heterocycles. The van der Waals surface area contributed by atoms with Gasteiger partial charge in [-0.15, -0.1) is 11.3 Å². The first-order valence-corrected chi connectivity index (χ1v) is 10.7. The zero-order valence-electron chi connectivity index (χ0n) is 17.3. The molecule has 0 atom stereocenters. The average Bonchev–Trinajstić information content (AvgIpc) is 3.04. The van der Waals surface area contributed by atoms with E-state index in [4.69, 9.17) is 0 Å². The highest BCUT2D eigenvalue weighted by Gasteiger charge is 2.18. The highest BCUT2D eigenvalue weighted by molar-refractivity contribution is 7.18. The van der Waals surface area contributed by atoms with Crippen LogP contribution in [0, 0.1) is 20.8 Å². The van der Waals surface area contributed by atoms with Gasteiger partial charge in [-0.25, -0.2) is 9.97 Å². The molecule has 0 aliphatic heterocycles. The monoisotopic (exact) mass is 416 g/mol. The Labute approximate surface area is 180 Å². The maximum Gasteiger partial charge on any atom is 0.240 e. The fraction of sp³-hybridized carbons (Fsp3) is 0.208. The molecule has 6 heteroatoms. The third-order valence-electron chi connectivity index (χ3n) is 5.13. The number of benzene rings is 2. The van der Waals surface area contributed by atoms with Gasteiger partial charge in [0, 0.05) is 4.88 Å². The van der Waals surface area contributed by atoms with Crippen LogP contribution < -0.4 is 10.6 Å². The number of rotatable bonds is 6. The molecule has 0 spiro atoms. The standard InChI is InChI=1S/C24H24N4OS/c1-15-16(2)30-24-21(15)23(26-17(3)27-24)25-14-20(29)28-22(18-10-6-4-7-11-18)19-12-8-5-9-13-19/h4-13,22H,14H2,1-3H3,(H,28,29)(H,25,26,27). The van der Waals surface area contributed by atoms with Gasteiger partial charge in [-0.3, -0.25) is 4.79 Å². The smallest absolute Gasteiger partial charge is 0.240 e. The van der Waals surface area contributed by atoms with Gasteiger partial charge in [0.15, 0.2) is 0 Å². The first kappa shape index (κ1) is 20.0. The molecular formula is C24H24N4OS. The van der Waals surface area contributed by atoms with Crippen molar-refractivity contribution in [1.29, 1.82) is 0 Å². The Kier molecular flexibility index (Phi) is 5.77. The first-order chi connectivity index (χ1) is 14.5. The largest absolute Gasteiger partial charge is 0.360 e. The summed E-state index contributed by atoms with van der Waals surface area (Å²) in [4.78, 5) is 24.1. The minimum absolute atomic E-state index is 0.0956. The Morgan fingerprint density at radius 1 is 0.933 bits per heavy atom. The summed E-state index contributed by atoms with van der Waals surface area (Å²) in [5, 5.41) is 7.39. The number of hydrogen-bond donors (Lipinski definition) is 2. The molecule has 4 aromatic rings. The molecule has 0 saturated carbocycles. The van der Waals surface area contributed by atoms with Gasteiger partial charge in [0.05, 0.1) is 18.0 Å². The highest BCUT2D eigenvalue weighted by atomic mass is 32.1. The van der Waals surface area contributed by atoms with E-state index in [-0.39, 0.29) is 18.5 Å². The molecule has 30 heavy (non-hydrogen) atoms. The van der Waals surface area contributed by atoms with Gasteiger partial charge in [0.1, 0.15) is 16.5 Å². The number of anilines is 1. The quantitative estimate of drug-likeness (QED) is 0.467. The van der Waals surface area contributed by atoms with E-state index in [1.165, 1.54) is 4.88 Å². The fourth-order valence-electron chi connectivity index (χ4n) is 3.51. The van der Waals surface area contributed by atoms with Gasteiger partial charge >= 0.3 is 0 Å². The average molecular weight is 417 g/mol. The minimum Gasteiger partial charge on any atom is -0.360 e. The number of amides is 1. The van der Waals surface area contributed by atoms with E-state index < -0.39 is 0 Å². The van der Waals surface area contributed by atoms with E-state index in [1.54, 1.807) is 11.3 Å². The second-order valence-corrected chi connectivity index (χ2v) is 8.46. The molecule has 5 nitrogen and oxygen atoms in total. The summed E-state index contributed by atoms with van der Waals surface area (Å²) >= 11 is 1.65.